The maximum Gasteiger partial charge on any atom is 0.284 e. The van der Waals surface area contributed by atoms with Crippen LogP contribution in [0.25, 0.3) is 16.7 Å². The zero-order chi connectivity index (χ0) is 17.4. The molecule has 7 heteroatoms. The number of hydrogen-bond acceptors (Lipinski definition) is 5. The van der Waals surface area contributed by atoms with E-state index in [0.29, 0.717) is 42.7 Å². The van der Waals surface area contributed by atoms with Crippen LogP contribution >= 0.6 is 0 Å². The molecule has 0 spiro atoms. The zero-order valence-corrected chi connectivity index (χ0v) is 14.2. The van der Waals surface area contributed by atoms with Crippen molar-refractivity contribution in [2.45, 2.75) is 18.9 Å². The Morgan fingerprint density at radius 3 is 2.42 bits per heavy atom. The number of hydrogen-bond donors (Lipinski definition) is 2. The average molecular weight is 355 g/mol. The SMILES string of the molecule is O.O=c1c(N2CCC(O)CC2)c(O)c2cccnc2n1-c1ccccc1. The molecule has 3 aromatic rings. The van der Waals surface area contributed by atoms with Crippen LogP contribution in [0.1, 0.15) is 12.8 Å². The first kappa shape index (κ1) is 17.9. The number of benzene rings is 1. The van der Waals surface area contributed by atoms with Crippen LogP contribution in [0.5, 0.6) is 5.75 Å². The highest BCUT2D eigenvalue weighted by Gasteiger charge is 2.26. The summed E-state index contributed by atoms with van der Waals surface area (Å²) >= 11 is 0. The lowest BCUT2D eigenvalue weighted by Gasteiger charge is -2.31. The highest BCUT2D eigenvalue weighted by Crippen LogP contribution is 2.33. The second-order valence-corrected chi connectivity index (χ2v) is 6.27. The molecule has 1 fully saturated rings. The van der Waals surface area contributed by atoms with Crippen LogP contribution in [0.15, 0.2) is 53.5 Å². The lowest BCUT2D eigenvalue weighted by molar-refractivity contribution is 0.145. The molecule has 0 radical (unpaired) electrons. The molecule has 0 amide bonds. The summed E-state index contributed by atoms with van der Waals surface area (Å²) in [4.78, 5) is 19.4. The fourth-order valence-electron chi connectivity index (χ4n) is 3.38. The number of aromatic hydroxyl groups is 1. The maximum atomic E-state index is 13.2. The second kappa shape index (κ2) is 7.15. The van der Waals surface area contributed by atoms with Gasteiger partial charge in [0.1, 0.15) is 5.69 Å². The van der Waals surface area contributed by atoms with Crippen molar-refractivity contribution in [3.8, 4) is 11.4 Å². The number of aliphatic hydroxyl groups is 1. The van der Waals surface area contributed by atoms with Crippen molar-refractivity contribution in [3.05, 3.63) is 59.0 Å². The first-order chi connectivity index (χ1) is 12.2. The number of piperidine rings is 1. The summed E-state index contributed by atoms with van der Waals surface area (Å²) in [5.41, 5.74) is 1.11. The molecule has 0 bridgehead atoms. The van der Waals surface area contributed by atoms with Gasteiger partial charge in [-0.15, -0.1) is 0 Å². The van der Waals surface area contributed by atoms with E-state index >= 15 is 0 Å². The van der Waals surface area contributed by atoms with Crippen molar-refractivity contribution in [1.82, 2.24) is 9.55 Å². The van der Waals surface area contributed by atoms with Crippen molar-refractivity contribution >= 4 is 16.7 Å². The Kier molecular flexibility index (Phi) is 4.92. The predicted molar refractivity (Wildman–Crippen MR) is 100 cm³/mol. The molecule has 4 rings (SSSR count). The van der Waals surface area contributed by atoms with Crippen molar-refractivity contribution < 1.29 is 15.7 Å². The summed E-state index contributed by atoms with van der Waals surface area (Å²) in [6.45, 7) is 1.06. The van der Waals surface area contributed by atoms with E-state index in [9.17, 15) is 15.0 Å². The first-order valence-corrected chi connectivity index (χ1v) is 8.38. The van der Waals surface area contributed by atoms with Crippen molar-refractivity contribution in [1.29, 1.82) is 0 Å². The lowest BCUT2D eigenvalue weighted by atomic mass is 10.1. The van der Waals surface area contributed by atoms with E-state index in [1.54, 1.807) is 18.3 Å². The van der Waals surface area contributed by atoms with Crippen LogP contribution in [0.3, 0.4) is 0 Å². The molecular formula is C19H21N3O4. The second-order valence-electron chi connectivity index (χ2n) is 6.27. The van der Waals surface area contributed by atoms with E-state index in [-0.39, 0.29) is 28.6 Å². The molecule has 0 unspecified atom stereocenters. The van der Waals surface area contributed by atoms with Gasteiger partial charge in [0.15, 0.2) is 11.4 Å². The van der Waals surface area contributed by atoms with Crippen LogP contribution < -0.4 is 10.5 Å². The summed E-state index contributed by atoms with van der Waals surface area (Å²) in [5, 5.41) is 21.0. The third-order valence-corrected chi connectivity index (χ3v) is 4.68. The molecule has 1 aliphatic rings. The molecule has 26 heavy (non-hydrogen) atoms. The molecule has 0 saturated carbocycles. The summed E-state index contributed by atoms with van der Waals surface area (Å²) in [5.74, 6) is -0.0447. The Morgan fingerprint density at radius 2 is 1.73 bits per heavy atom. The minimum Gasteiger partial charge on any atom is -0.505 e. The van der Waals surface area contributed by atoms with Crippen LogP contribution in [-0.2, 0) is 0 Å². The Morgan fingerprint density at radius 1 is 1.04 bits per heavy atom. The molecule has 4 N–H and O–H groups in total. The number of fused-ring (bicyclic) bond motifs is 1. The summed E-state index contributed by atoms with van der Waals surface area (Å²) < 4.78 is 1.54. The molecule has 1 aliphatic heterocycles. The molecule has 1 aromatic carbocycles. The van der Waals surface area contributed by atoms with E-state index in [4.69, 9.17) is 0 Å². The number of pyridine rings is 2. The number of rotatable bonds is 2. The third-order valence-electron chi connectivity index (χ3n) is 4.68. The van der Waals surface area contributed by atoms with Crippen LogP contribution in [0, 0.1) is 0 Å². The van der Waals surface area contributed by atoms with E-state index in [2.05, 4.69) is 4.98 Å². The van der Waals surface area contributed by atoms with E-state index in [0.717, 1.165) is 0 Å². The number of aromatic nitrogens is 2. The summed E-state index contributed by atoms with van der Waals surface area (Å²) in [6, 6.07) is 12.8. The minimum absolute atomic E-state index is 0. The van der Waals surface area contributed by atoms with E-state index in [1.165, 1.54) is 4.57 Å². The van der Waals surface area contributed by atoms with Gasteiger partial charge in [-0.3, -0.25) is 9.36 Å². The first-order valence-electron chi connectivity index (χ1n) is 8.38. The fraction of sp³-hybridized carbons (Fsp3) is 0.263. The van der Waals surface area contributed by atoms with E-state index < -0.39 is 0 Å². The van der Waals surface area contributed by atoms with Crippen molar-refractivity contribution in [2.75, 3.05) is 18.0 Å². The molecule has 1 saturated heterocycles. The lowest BCUT2D eigenvalue weighted by Crippen LogP contribution is -2.39. The molecule has 2 aromatic heterocycles. The molecular weight excluding hydrogens is 334 g/mol. The van der Waals surface area contributed by atoms with Gasteiger partial charge in [0.05, 0.1) is 17.2 Å². The van der Waals surface area contributed by atoms with Gasteiger partial charge in [0.25, 0.3) is 5.56 Å². The Bertz CT molecular complexity index is 964. The van der Waals surface area contributed by atoms with Gasteiger partial charge in [-0.25, -0.2) is 4.98 Å². The topological polar surface area (TPSA) is 110 Å². The van der Waals surface area contributed by atoms with Gasteiger partial charge in [0.2, 0.25) is 0 Å². The molecule has 7 nitrogen and oxygen atoms in total. The van der Waals surface area contributed by atoms with Gasteiger partial charge >= 0.3 is 0 Å². The Hall–Kier alpha value is -2.90. The number of nitrogens with zero attached hydrogens (tertiary/aromatic N) is 3. The highest BCUT2D eigenvalue weighted by atomic mass is 16.3. The van der Waals surface area contributed by atoms with Crippen LogP contribution in [0.4, 0.5) is 5.69 Å². The Balaban J connectivity index is 0.00000196. The fourth-order valence-corrected chi connectivity index (χ4v) is 3.38. The van der Waals surface area contributed by atoms with Crippen LogP contribution in [-0.4, -0.2) is 44.4 Å². The maximum absolute atomic E-state index is 13.2. The number of anilines is 1. The summed E-state index contributed by atoms with van der Waals surface area (Å²) in [6.07, 6.45) is 2.42. The van der Waals surface area contributed by atoms with E-state index in [1.807, 2.05) is 35.2 Å². The standard InChI is InChI=1S/C19H19N3O3.H2O/c23-14-8-11-21(12-9-14)16-17(24)15-7-4-10-20-18(15)22(19(16)25)13-5-2-1-3-6-13;/h1-7,10,14,23-24H,8-9,11-12H2;1H2. The minimum atomic E-state index is -0.350. The van der Waals surface area contributed by atoms with Crippen LogP contribution in [0.2, 0.25) is 0 Å². The van der Waals surface area contributed by atoms with Crippen molar-refractivity contribution in [3.63, 3.8) is 0 Å². The van der Waals surface area contributed by atoms with Gasteiger partial charge in [-0.2, -0.15) is 0 Å². The number of para-hydroxylation sites is 1. The highest BCUT2D eigenvalue weighted by molar-refractivity contribution is 5.89. The third kappa shape index (κ3) is 2.91. The van der Waals surface area contributed by atoms with Gasteiger partial charge in [-0.05, 0) is 37.1 Å². The van der Waals surface area contributed by atoms with Crippen molar-refractivity contribution in [2.24, 2.45) is 0 Å². The quantitative estimate of drug-likeness (QED) is 0.718. The number of aliphatic hydroxyl groups excluding tert-OH is 1. The molecule has 0 aliphatic carbocycles. The van der Waals surface area contributed by atoms with Gasteiger partial charge < -0.3 is 20.6 Å². The average Bonchev–Trinajstić information content (AvgIpc) is 2.64. The van der Waals surface area contributed by atoms with Gasteiger partial charge in [0, 0.05) is 19.3 Å². The molecule has 0 atom stereocenters. The molecule has 3 heterocycles. The van der Waals surface area contributed by atoms with Gasteiger partial charge in [-0.1, -0.05) is 18.2 Å². The Labute approximate surface area is 150 Å². The molecule has 136 valence electrons. The monoisotopic (exact) mass is 355 g/mol. The summed E-state index contributed by atoms with van der Waals surface area (Å²) in [7, 11) is 0. The smallest absolute Gasteiger partial charge is 0.284 e. The largest absolute Gasteiger partial charge is 0.505 e. The normalized spacial score (nSPS) is 15.0. The predicted octanol–water partition coefficient (Wildman–Crippen LogP) is 1.23. The zero-order valence-electron chi connectivity index (χ0n) is 14.2.